The summed E-state index contributed by atoms with van der Waals surface area (Å²) in [6, 6.07) is 0. The number of rotatable bonds is 16. The summed E-state index contributed by atoms with van der Waals surface area (Å²) in [5.74, 6) is -0.495. The Morgan fingerprint density at radius 1 is 0.955 bits per heavy atom. The summed E-state index contributed by atoms with van der Waals surface area (Å²) < 4.78 is 0. The summed E-state index contributed by atoms with van der Waals surface area (Å²) in [5.41, 5.74) is 5.08. The Morgan fingerprint density at radius 3 is 2.14 bits per heavy atom. The molecule has 0 fully saturated rings. The Hall–Kier alpha value is -1.12. The largest absolute Gasteiger partial charge is 0.370 e. The zero-order chi connectivity index (χ0) is 16.5. The van der Waals surface area contributed by atoms with Gasteiger partial charge in [0, 0.05) is 12.3 Å². The molecule has 0 aromatic heterocycles. The molecule has 1 atom stereocenters. The van der Waals surface area contributed by atoms with Crippen molar-refractivity contribution in [2.24, 2.45) is 11.7 Å². The molecule has 1 amide bonds. The number of allylic oxidation sites excluding steroid dienone is 2. The first-order chi connectivity index (χ1) is 10.7. The van der Waals surface area contributed by atoms with E-state index in [-0.39, 0.29) is 18.2 Å². The highest BCUT2D eigenvalue weighted by atomic mass is 16.1. The van der Waals surface area contributed by atoms with Gasteiger partial charge in [0.1, 0.15) is 0 Å². The molecule has 0 aromatic rings. The lowest BCUT2D eigenvalue weighted by molar-refractivity contribution is -0.118. The van der Waals surface area contributed by atoms with Crippen molar-refractivity contribution in [1.82, 2.24) is 0 Å². The zero-order valence-corrected chi connectivity index (χ0v) is 14.3. The van der Waals surface area contributed by atoms with E-state index in [1.54, 1.807) is 0 Å². The lowest BCUT2D eigenvalue weighted by atomic mass is 9.99. The van der Waals surface area contributed by atoms with Gasteiger partial charge in [0.25, 0.3) is 0 Å². The van der Waals surface area contributed by atoms with Crippen LogP contribution in [0.3, 0.4) is 0 Å². The van der Waals surface area contributed by atoms with Crippen LogP contribution >= 0.6 is 0 Å². The van der Waals surface area contributed by atoms with Crippen LogP contribution in [0.25, 0.3) is 0 Å². The minimum Gasteiger partial charge on any atom is -0.370 e. The van der Waals surface area contributed by atoms with Crippen LogP contribution in [0.15, 0.2) is 12.2 Å². The molecule has 0 bridgehead atoms. The van der Waals surface area contributed by atoms with E-state index in [4.69, 9.17) is 5.73 Å². The summed E-state index contributed by atoms with van der Waals surface area (Å²) in [5, 5.41) is 0. The molecule has 0 aromatic carbocycles. The van der Waals surface area contributed by atoms with Crippen LogP contribution in [0.5, 0.6) is 0 Å². The van der Waals surface area contributed by atoms with Crippen LogP contribution in [-0.4, -0.2) is 12.2 Å². The highest BCUT2D eigenvalue weighted by molar-refractivity contribution is 5.74. The Balaban J connectivity index is 3.39. The van der Waals surface area contributed by atoms with Crippen molar-refractivity contribution in [3.63, 3.8) is 0 Å². The Kier molecular flexibility index (Phi) is 15.4. The van der Waals surface area contributed by atoms with E-state index in [0.717, 1.165) is 19.3 Å². The second-order valence-corrected chi connectivity index (χ2v) is 6.13. The Labute approximate surface area is 136 Å². The number of nitrogens with two attached hydrogens (primary N) is 1. The average Bonchev–Trinajstić information content (AvgIpc) is 2.51. The van der Waals surface area contributed by atoms with Crippen LogP contribution in [0.1, 0.15) is 90.4 Å². The fourth-order valence-electron chi connectivity index (χ4n) is 2.51. The summed E-state index contributed by atoms with van der Waals surface area (Å²) >= 11 is 0. The van der Waals surface area contributed by atoms with Gasteiger partial charge in [-0.25, -0.2) is 0 Å². The maximum atomic E-state index is 10.7. The molecular formula is C19H34NO2. The molecule has 1 radical (unpaired) electrons. The molecule has 2 N–H and O–H groups in total. The van der Waals surface area contributed by atoms with Gasteiger partial charge in [-0.05, 0) is 32.1 Å². The monoisotopic (exact) mass is 308 g/mol. The van der Waals surface area contributed by atoms with Gasteiger partial charge in [-0.15, -0.1) is 0 Å². The molecular weight excluding hydrogens is 274 g/mol. The fourth-order valence-corrected chi connectivity index (χ4v) is 2.51. The van der Waals surface area contributed by atoms with Crippen molar-refractivity contribution in [2.75, 3.05) is 0 Å². The number of unbranched alkanes of at least 4 members (excludes halogenated alkanes) is 8. The Bertz CT molecular complexity index is 300. The maximum Gasteiger partial charge on any atom is 0.217 e. The lowest BCUT2D eigenvalue weighted by Crippen LogP contribution is -2.13. The lowest BCUT2D eigenvalue weighted by Gasteiger charge is -2.05. The highest BCUT2D eigenvalue weighted by Gasteiger charge is 2.08. The number of carbonyl (C=O) groups is 1. The van der Waals surface area contributed by atoms with Crippen molar-refractivity contribution < 1.29 is 9.59 Å². The minimum absolute atomic E-state index is 0.153. The van der Waals surface area contributed by atoms with Gasteiger partial charge < -0.3 is 5.73 Å². The highest BCUT2D eigenvalue weighted by Crippen LogP contribution is 2.12. The molecule has 1 unspecified atom stereocenters. The van der Waals surface area contributed by atoms with E-state index in [0.29, 0.717) is 6.42 Å². The van der Waals surface area contributed by atoms with Gasteiger partial charge in [-0.1, -0.05) is 64.0 Å². The summed E-state index contributed by atoms with van der Waals surface area (Å²) in [6.07, 6.45) is 20.7. The van der Waals surface area contributed by atoms with Crippen molar-refractivity contribution in [1.29, 1.82) is 0 Å². The second-order valence-electron chi connectivity index (χ2n) is 6.13. The smallest absolute Gasteiger partial charge is 0.217 e. The molecule has 0 saturated heterocycles. The molecule has 127 valence electrons. The predicted octanol–water partition coefficient (Wildman–Crippen LogP) is 4.85. The third-order valence-electron chi connectivity index (χ3n) is 3.98. The van der Waals surface area contributed by atoms with E-state index in [1.807, 2.05) is 6.29 Å². The quantitative estimate of drug-likeness (QED) is 0.327. The summed E-state index contributed by atoms with van der Waals surface area (Å²) in [4.78, 5) is 21.4. The summed E-state index contributed by atoms with van der Waals surface area (Å²) in [7, 11) is 0. The normalized spacial score (nSPS) is 12.6. The number of amides is 1. The molecule has 3 nitrogen and oxygen atoms in total. The van der Waals surface area contributed by atoms with Crippen molar-refractivity contribution in [3.8, 4) is 0 Å². The summed E-state index contributed by atoms with van der Waals surface area (Å²) in [6.45, 7) is 2.25. The van der Waals surface area contributed by atoms with Crippen LogP contribution in [0, 0.1) is 5.92 Å². The van der Waals surface area contributed by atoms with E-state index < -0.39 is 0 Å². The third kappa shape index (κ3) is 15.3. The number of primary amides is 1. The topological polar surface area (TPSA) is 60.2 Å². The van der Waals surface area contributed by atoms with Gasteiger partial charge >= 0.3 is 0 Å². The van der Waals surface area contributed by atoms with E-state index in [2.05, 4.69) is 19.1 Å². The predicted molar refractivity (Wildman–Crippen MR) is 93.2 cm³/mol. The van der Waals surface area contributed by atoms with Crippen molar-refractivity contribution in [2.45, 2.75) is 90.4 Å². The van der Waals surface area contributed by atoms with Crippen LogP contribution < -0.4 is 5.73 Å². The second kappa shape index (κ2) is 16.3. The number of hydrogen-bond donors (Lipinski definition) is 1. The minimum atomic E-state index is -0.342. The van der Waals surface area contributed by atoms with Gasteiger partial charge in [0.2, 0.25) is 12.2 Å². The molecule has 0 aliphatic carbocycles. The first-order valence-electron chi connectivity index (χ1n) is 9.01. The Morgan fingerprint density at radius 2 is 1.55 bits per heavy atom. The fraction of sp³-hybridized carbons (Fsp3) is 0.789. The van der Waals surface area contributed by atoms with Crippen LogP contribution in [0.4, 0.5) is 0 Å². The van der Waals surface area contributed by atoms with E-state index in [9.17, 15) is 9.59 Å². The molecule has 0 spiro atoms. The first kappa shape index (κ1) is 20.9. The zero-order valence-electron chi connectivity index (χ0n) is 14.3. The number of hydrogen-bond acceptors (Lipinski definition) is 2. The first-order valence-corrected chi connectivity index (χ1v) is 9.01. The standard InChI is InChI=1S/C19H34NO2/c1-2-3-4-5-6-7-8-9-10-11-12-13-14-18(17-21)15-16-19(20)22/h11-12,18H,2-10,13-16H2,1H3,(H2,20,22). The van der Waals surface area contributed by atoms with Crippen molar-refractivity contribution >= 4 is 12.2 Å². The SMILES string of the molecule is CCCCCCCCCCC=CCCC([C]=O)CCC(N)=O. The molecule has 3 heteroatoms. The van der Waals surface area contributed by atoms with E-state index in [1.165, 1.54) is 51.4 Å². The molecule has 0 heterocycles. The third-order valence-corrected chi connectivity index (χ3v) is 3.98. The average molecular weight is 308 g/mol. The number of carbonyl (C=O) groups excluding carboxylic acids is 2. The molecule has 22 heavy (non-hydrogen) atoms. The molecule has 0 saturated carbocycles. The van der Waals surface area contributed by atoms with Crippen molar-refractivity contribution in [3.05, 3.63) is 12.2 Å². The van der Waals surface area contributed by atoms with Gasteiger partial charge in [-0.3, -0.25) is 9.59 Å². The van der Waals surface area contributed by atoms with E-state index >= 15 is 0 Å². The molecule has 0 rings (SSSR count). The van der Waals surface area contributed by atoms with Crippen LogP contribution in [0.2, 0.25) is 0 Å². The maximum absolute atomic E-state index is 10.7. The van der Waals surface area contributed by atoms with Gasteiger partial charge in [-0.2, -0.15) is 0 Å². The van der Waals surface area contributed by atoms with Crippen LogP contribution in [-0.2, 0) is 9.59 Å². The van der Waals surface area contributed by atoms with Gasteiger partial charge in [0.15, 0.2) is 0 Å². The molecule has 0 aliphatic rings. The molecule has 0 aliphatic heterocycles. The van der Waals surface area contributed by atoms with Gasteiger partial charge in [0.05, 0.1) is 0 Å².